The zero-order chi connectivity index (χ0) is 13.1. The first kappa shape index (κ1) is 12.4. The summed E-state index contributed by atoms with van der Waals surface area (Å²) in [6.07, 6.45) is 3.43. The highest BCUT2D eigenvalue weighted by atomic mass is 16.5. The normalized spacial score (nSPS) is 12.3. The molecule has 0 saturated carbocycles. The highest BCUT2D eigenvalue weighted by molar-refractivity contribution is 5.67. The van der Waals surface area contributed by atoms with Gasteiger partial charge < -0.3 is 4.74 Å². The van der Waals surface area contributed by atoms with E-state index in [0.717, 1.165) is 5.57 Å². The maximum absolute atomic E-state index is 12.1. The van der Waals surface area contributed by atoms with Crippen LogP contribution in [0.25, 0.3) is 11.2 Å². The summed E-state index contributed by atoms with van der Waals surface area (Å²) in [5.74, 6) is 0. The van der Waals surface area contributed by atoms with Crippen molar-refractivity contribution in [3.63, 3.8) is 0 Å². The molecule has 2 rings (SSSR count). The van der Waals surface area contributed by atoms with Crippen molar-refractivity contribution in [2.75, 3.05) is 13.7 Å². The molecule has 0 aliphatic heterocycles. The molecule has 0 atom stereocenters. The standard InChI is InChI=1S/C11H15N5O2/c1-8(6-18-3)4-5-16-7-12-10-9(11(16)17)13-14-15(10)2/h4,7H,5-6H2,1-3H3/b8-4+. The number of allylic oxidation sites excluding steroid dienone is 1. The van der Waals surface area contributed by atoms with Crippen LogP contribution < -0.4 is 5.56 Å². The summed E-state index contributed by atoms with van der Waals surface area (Å²) in [5, 5.41) is 7.59. The molecular formula is C11H15N5O2. The number of aryl methyl sites for hydroxylation is 1. The third kappa shape index (κ3) is 2.30. The van der Waals surface area contributed by atoms with E-state index < -0.39 is 0 Å². The summed E-state index contributed by atoms with van der Waals surface area (Å²) >= 11 is 0. The molecule has 0 amide bonds. The zero-order valence-electron chi connectivity index (χ0n) is 10.6. The van der Waals surface area contributed by atoms with E-state index in [0.29, 0.717) is 18.8 Å². The van der Waals surface area contributed by atoms with Crippen LogP contribution in [0.4, 0.5) is 0 Å². The largest absolute Gasteiger partial charge is 0.380 e. The molecule has 0 N–H and O–H groups in total. The molecule has 0 bridgehead atoms. The minimum atomic E-state index is -0.186. The van der Waals surface area contributed by atoms with Gasteiger partial charge >= 0.3 is 0 Å². The van der Waals surface area contributed by atoms with Crippen LogP contribution in [0, 0.1) is 0 Å². The zero-order valence-corrected chi connectivity index (χ0v) is 10.6. The molecule has 0 aliphatic carbocycles. The number of hydrogen-bond donors (Lipinski definition) is 0. The minimum absolute atomic E-state index is 0.186. The van der Waals surface area contributed by atoms with Crippen molar-refractivity contribution >= 4 is 11.2 Å². The molecule has 0 spiro atoms. The summed E-state index contributed by atoms with van der Waals surface area (Å²) in [6, 6.07) is 0. The maximum Gasteiger partial charge on any atom is 0.283 e. The van der Waals surface area contributed by atoms with E-state index in [1.165, 1.54) is 15.6 Å². The lowest BCUT2D eigenvalue weighted by atomic mass is 10.3. The van der Waals surface area contributed by atoms with Gasteiger partial charge in [-0.1, -0.05) is 16.9 Å². The summed E-state index contributed by atoms with van der Waals surface area (Å²) in [6.45, 7) is 2.95. The fourth-order valence-corrected chi connectivity index (χ4v) is 1.62. The first-order valence-corrected chi connectivity index (χ1v) is 5.53. The van der Waals surface area contributed by atoms with E-state index in [4.69, 9.17) is 4.74 Å². The van der Waals surface area contributed by atoms with Gasteiger partial charge in [-0.25, -0.2) is 9.67 Å². The Balaban J connectivity index is 2.33. The number of fused-ring (bicyclic) bond motifs is 1. The van der Waals surface area contributed by atoms with Crippen molar-refractivity contribution in [1.82, 2.24) is 24.5 Å². The molecule has 2 aromatic rings. The SMILES string of the molecule is COC/C(C)=C/Cn1cnc2c(nnn2C)c1=O. The van der Waals surface area contributed by atoms with E-state index in [1.807, 2.05) is 13.0 Å². The number of methoxy groups -OCH3 is 1. The quantitative estimate of drug-likeness (QED) is 0.719. The molecular weight excluding hydrogens is 234 g/mol. The highest BCUT2D eigenvalue weighted by Crippen LogP contribution is 2.00. The first-order chi connectivity index (χ1) is 8.63. The fourth-order valence-electron chi connectivity index (χ4n) is 1.62. The van der Waals surface area contributed by atoms with Gasteiger partial charge in [0.05, 0.1) is 6.61 Å². The molecule has 0 saturated heterocycles. The predicted molar refractivity (Wildman–Crippen MR) is 66.2 cm³/mol. The van der Waals surface area contributed by atoms with Gasteiger partial charge in [0, 0.05) is 20.7 Å². The number of hydrogen-bond acceptors (Lipinski definition) is 5. The van der Waals surface area contributed by atoms with Gasteiger partial charge in [0.15, 0.2) is 11.2 Å². The van der Waals surface area contributed by atoms with Gasteiger partial charge in [0.25, 0.3) is 5.56 Å². The third-order valence-corrected chi connectivity index (χ3v) is 2.59. The van der Waals surface area contributed by atoms with Crippen molar-refractivity contribution in [2.45, 2.75) is 13.5 Å². The summed E-state index contributed by atoms with van der Waals surface area (Å²) in [5.41, 5.74) is 1.66. The molecule has 0 aromatic carbocycles. The molecule has 0 fully saturated rings. The lowest BCUT2D eigenvalue weighted by molar-refractivity contribution is 0.225. The number of ether oxygens (including phenoxy) is 1. The van der Waals surface area contributed by atoms with Gasteiger partial charge in [-0.05, 0) is 6.92 Å². The minimum Gasteiger partial charge on any atom is -0.380 e. The van der Waals surface area contributed by atoms with Crippen molar-refractivity contribution in [3.05, 3.63) is 28.3 Å². The van der Waals surface area contributed by atoms with Crippen LogP contribution >= 0.6 is 0 Å². The number of nitrogens with zero attached hydrogens (tertiary/aromatic N) is 5. The van der Waals surface area contributed by atoms with Gasteiger partial charge in [-0.15, -0.1) is 5.10 Å². The lowest BCUT2D eigenvalue weighted by Crippen LogP contribution is -2.20. The van der Waals surface area contributed by atoms with Gasteiger partial charge in [-0.2, -0.15) is 0 Å². The average molecular weight is 249 g/mol. The topological polar surface area (TPSA) is 74.8 Å². The second-order valence-corrected chi connectivity index (χ2v) is 4.07. The van der Waals surface area contributed by atoms with Crippen molar-refractivity contribution in [2.24, 2.45) is 7.05 Å². The third-order valence-electron chi connectivity index (χ3n) is 2.59. The van der Waals surface area contributed by atoms with Crippen molar-refractivity contribution in [1.29, 1.82) is 0 Å². The molecule has 2 aromatic heterocycles. The van der Waals surface area contributed by atoms with Gasteiger partial charge in [0.1, 0.15) is 6.33 Å². The predicted octanol–water partition coefficient (Wildman–Crippen LogP) is 0.118. The van der Waals surface area contributed by atoms with Crippen LogP contribution in [-0.2, 0) is 18.3 Å². The van der Waals surface area contributed by atoms with Crippen LogP contribution in [-0.4, -0.2) is 38.3 Å². The number of aromatic nitrogens is 5. The molecule has 7 nitrogen and oxygen atoms in total. The number of rotatable bonds is 4. The van der Waals surface area contributed by atoms with Crippen molar-refractivity contribution in [3.8, 4) is 0 Å². The fraction of sp³-hybridized carbons (Fsp3) is 0.455. The Morgan fingerprint density at radius 2 is 2.33 bits per heavy atom. The van der Waals surface area contributed by atoms with E-state index in [1.54, 1.807) is 14.2 Å². The first-order valence-electron chi connectivity index (χ1n) is 5.53. The molecule has 18 heavy (non-hydrogen) atoms. The molecule has 96 valence electrons. The highest BCUT2D eigenvalue weighted by Gasteiger charge is 2.08. The molecule has 0 aliphatic rings. The second-order valence-electron chi connectivity index (χ2n) is 4.07. The Bertz CT molecular complexity index is 640. The monoisotopic (exact) mass is 249 g/mol. The van der Waals surface area contributed by atoms with E-state index in [-0.39, 0.29) is 11.1 Å². The van der Waals surface area contributed by atoms with E-state index >= 15 is 0 Å². The Labute approximate surface area is 104 Å². The van der Waals surface area contributed by atoms with Crippen molar-refractivity contribution < 1.29 is 4.74 Å². The average Bonchev–Trinajstić information content (AvgIpc) is 2.72. The van der Waals surface area contributed by atoms with Crippen LogP contribution in [0.1, 0.15) is 6.92 Å². The maximum atomic E-state index is 12.1. The second kappa shape index (κ2) is 5.09. The molecule has 2 heterocycles. The summed E-state index contributed by atoms with van der Waals surface area (Å²) < 4.78 is 7.97. The Morgan fingerprint density at radius 3 is 3.06 bits per heavy atom. The molecule has 0 unspecified atom stereocenters. The lowest BCUT2D eigenvalue weighted by Gasteiger charge is -2.02. The summed E-state index contributed by atoms with van der Waals surface area (Å²) in [7, 11) is 3.34. The molecule has 7 heteroatoms. The Hall–Kier alpha value is -2.02. The Morgan fingerprint density at radius 1 is 1.56 bits per heavy atom. The van der Waals surface area contributed by atoms with E-state index in [2.05, 4.69) is 15.3 Å². The smallest absolute Gasteiger partial charge is 0.283 e. The van der Waals surface area contributed by atoms with E-state index in [9.17, 15) is 4.79 Å². The van der Waals surface area contributed by atoms with Crippen LogP contribution in [0.15, 0.2) is 22.8 Å². The Kier molecular flexibility index (Phi) is 3.52. The van der Waals surface area contributed by atoms with Crippen LogP contribution in [0.3, 0.4) is 0 Å². The van der Waals surface area contributed by atoms with Gasteiger partial charge in [0.2, 0.25) is 0 Å². The van der Waals surface area contributed by atoms with Crippen LogP contribution in [0.2, 0.25) is 0 Å². The summed E-state index contributed by atoms with van der Waals surface area (Å²) in [4.78, 5) is 16.2. The molecule has 0 radical (unpaired) electrons. The van der Waals surface area contributed by atoms with Crippen LogP contribution in [0.5, 0.6) is 0 Å². The van der Waals surface area contributed by atoms with Gasteiger partial charge in [-0.3, -0.25) is 9.36 Å².